The zero-order chi connectivity index (χ0) is 21.7. The summed E-state index contributed by atoms with van der Waals surface area (Å²) in [5, 5.41) is 19.5. The summed E-state index contributed by atoms with van der Waals surface area (Å²) >= 11 is 18.8. The van der Waals surface area contributed by atoms with Crippen molar-refractivity contribution in [2.75, 3.05) is 0 Å². The maximum Gasteiger partial charge on any atom is 0.269 e. The second-order valence-electron chi connectivity index (χ2n) is 7.28. The summed E-state index contributed by atoms with van der Waals surface area (Å²) in [5.41, 5.74) is 3.20. The van der Waals surface area contributed by atoms with Gasteiger partial charge in [0.05, 0.1) is 21.7 Å². The third-order valence-electron chi connectivity index (χ3n) is 5.35. The van der Waals surface area contributed by atoms with Gasteiger partial charge in [0.25, 0.3) is 5.69 Å². The molecule has 0 aliphatic carbocycles. The van der Waals surface area contributed by atoms with Crippen LogP contribution in [-0.2, 0) is 0 Å². The third-order valence-corrected chi connectivity index (χ3v) is 6.10. The molecule has 0 unspecified atom stereocenters. The molecule has 0 saturated heterocycles. The van der Waals surface area contributed by atoms with Gasteiger partial charge in [0.15, 0.2) is 0 Å². The smallest absolute Gasteiger partial charge is 0.269 e. The van der Waals surface area contributed by atoms with Gasteiger partial charge in [-0.05, 0) is 29.8 Å². The lowest BCUT2D eigenvalue weighted by atomic mass is 9.96. The number of halogens is 3. The fraction of sp³-hybridized carbons (Fsp3) is 0.136. The average molecular weight is 475 g/mol. The lowest BCUT2D eigenvalue weighted by molar-refractivity contribution is -0.385. The Morgan fingerprint density at radius 1 is 1.03 bits per heavy atom. The largest absolute Gasteiger partial charge is 0.463 e. The van der Waals surface area contributed by atoms with Crippen molar-refractivity contribution in [2.24, 2.45) is 5.10 Å². The molecule has 31 heavy (non-hydrogen) atoms. The normalized spacial score (nSPS) is 19.3. The summed E-state index contributed by atoms with van der Waals surface area (Å²) in [6.45, 7) is 0. The van der Waals surface area contributed by atoms with Crippen molar-refractivity contribution >= 4 is 46.2 Å². The molecule has 156 valence electrons. The third kappa shape index (κ3) is 3.61. The van der Waals surface area contributed by atoms with Gasteiger partial charge in [0, 0.05) is 39.7 Å². The molecular formula is C22H14Cl3N3O3. The Hall–Kier alpha value is -2.80. The second-order valence-corrected chi connectivity index (χ2v) is 8.56. The highest BCUT2D eigenvalue weighted by atomic mass is 35.5. The van der Waals surface area contributed by atoms with Crippen LogP contribution in [0.5, 0.6) is 5.75 Å². The molecule has 2 atom stereocenters. The Morgan fingerprint density at radius 2 is 1.81 bits per heavy atom. The molecule has 0 bridgehead atoms. The predicted molar refractivity (Wildman–Crippen MR) is 120 cm³/mol. The number of nitro benzene ring substituents is 1. The molecule has 2 aliphatic rings. The molecule has 6 nitrogen and oxygen atoms in total. The van der Waals surface area contributed by atoms with E-state index in [0.29, 0.717) is 32.8 Å². The minimum atomic E-state index is -0.680. The summed E-state index contributed by atoms with van der Waals surface area (Å²) in [4.78, 5) is 10.9. The van der Waals surface area contributed by atoms with E-state index in [9.17, 15) is 10.1 Å². The zero-order valence-corrected chi connectivity index (χ0v) is 18.1. The SMILES string of the molecule is O=[N+]([O-])c1cccc([C@@H]2Oc3c(Cl)cc(Cl)cc3[C@H]3CC(c4ccc(Cl)cc4)=NN32)c1. The standard InChI is InChI=1S/C22H14Cl3N3O3/c23-14-6-4-12(5-7-14)19-11-20-17-9-15(24)10-18(25)21(17)31-22(27(20)26-19)13-2-1-3-16(8-13)28(29)30/h1-10,20,22H,11H2/t20-,22+/m1/s1. The number of rotatable bonds is 3. The van der Waals surface area contributed by atoms with E-state index < -0.39 is 11.2 Å². The van der Waals surface area contributed by atoms with Gasteiger partial charge >= 0.3 is 0 Å². The summed E-state index contributed by atoms with van der Waals surface area (Å²) in [6.07, 6.45) is -0.0824. The first-order valence-corrected chi connectivity index (χ1v) is 10.6. The molecule has 0 aromatic heterocycles. The molecule has 0 amide bonds. The number of benzene rings is 3. The molecule has 0 saturated carbocycles. The van der Waals surface area contributed by atoms with E-state index >= 15 is 0 Å². The van der Waals surface area contributed by atoms with Crippen LogP contribution in [0.25, 0.3) is 0 Å². The minimum absolute atomic E-state index is 0.0215. The lowest BCUT2D eigenvalue weighted by Gasteiger charge is -2.38. The summed E-state index contributed by atoms with van der Waals surface area (Å²) < 4.78 is 6.24. The number of hydrogen-bond donors (Lipinski definition) is 0. The van der Waals surface area contributed by atoms with Crippen molar-refractivity contribution in [3.8, 4) is 5.75 Å². The molecule has 0 spiro atoms. The Bertz CT molecular complexity index is 1230. The molecule has 2 heterocycles. The maximum absolute atomic E-state index is 11.3. The Kier molecular flexibility index (Phi) is 5.01. The van der Waals surface area contributed by atoms with Crippen molar-refractivity contribution in [1.82, 2.24) is 5.01 Å². The van der Waals surface area contributed by atoms with E-state index in [4.69, 9.17) is 44.6 Å². The molecule has 0 radical (unpaired) electrons. The van der Waals surface area contributed by atoms with Crippen LogP contribution in [-0.4, -0.2) is 15.6 Å². The number of non-ortho nitro benzene ring substituents is 1. The summed E-state index contributed by atoms with van der Waals surface area (Å²) in [6, 6.07) is 17.0. The van der Waals surface area contributed by atoms with Crippen molar-refractivity contribution in [3.05, 3.63) is 103 Å². The van der Waals surface area contributed by atoms with Crippen LogP contribution in [0.4, 0.5) is 5.69 Å². The van der Waals surface area contributed by atoms with Crippen molar-refractivity contribution in [1.29, 1.82) is 0 Å². The van der Waals surface area contributed by atoms with Gasteiger partial charge in [-0.3, -0.25) is 10.1 Å². The van der Waals surface area contributed by atoms with E-state index in [1.807, 2.05) is 35.3 Å². The zero-order valence-electron chi connectivity index (χ0n) is 15.8. The van der Waals surface area contributed by atoms with Crippen LogP contribution in [0.2, 0.25) is 15.1 Å². The van der Waals surface area contributed by atoms with Gasteiger partial charge < -0.3 is 4.74 Å². The highest BCUT2D eigenvalue weighted by molar-refractivity contribution is 6.35. The topological polar surface area (TPSA) is 68.0 Å². The highest BCUT2D eigenvalue weighted by Crippen LogP contribution is 2.51. The number of nitro groups is 1. The van der Waals surface area contributed by atoms with Gasteiger partial charge in [-0.25, -0.2) is 5.01 Å². The Balaban J connectivity index is 1.63. The van der Waals surface area contributed by atoms with E-state index in [1.54, 1.807) is 18.2 Å². The molecule has 9 heteroatoms. The predicted octanol–water partition coefficient (Wildman–Crippen LogP) is 6.80. The quantitative estimate of drug-likeness (QED) is 0.309. The Morgan fingerprint density at radius 3 is 2.55 bits per heavy atom. The number of ether oxygens (including phenoxy) is 1. The monoisotopic (exact) mass is 473 g/mol. The first kappa shape index (κ1) is 20.1. The fourth-order valence-electron chi connectivity index (χ4n) is 3.94. The van der Waals surface area contributed by atoms with Gasteiger partial charge in [-0.1, -0.05) is 59.1 Å². The van der Waals surface area contributed by atoms with Crippen LogP contribution >= 0.6 is 34.8 Å². The number of fused-ring (bicyclic) bond motifs is 3. The van der Waals surface area contributed by atoms with Gasteiger partial charge in [-0.2, -0.15) is 5.10 Å². The number of hydrogen-bond acceptors (Lipinski definition) is 5. The van der Waals surface area contributed by atoms with Crippen molar-refractivity contribution < 1.29 is 9.66 Å². The first-order chi connectivity index (χ1) is 14.9. The van der Waals surface area contributed by atoms with E-state index in [-0.39, 0.29) is 11.7 Å². The van der Waals surface area contributed by atoms with E-state index in [2.05, 4.69) is 0 Å². The number of nitrogens with zero attached hydrogens (tertiary/aromatic N) is 3. The van der Waals surface area contributed by atoms with Crippen LogP contribution in [0.15, 0.2) is 65.8 Å². The van der Waals surface area contributed by atoms with Crippen LogP contribution in [0.3, 0.4) is 0 Å². The molecule has 3 aromatic carbocycles. The molecule has 0 fully saturated rings. The minimum Gasteiger partial charge on any atom is -0.463 e. The van der Waals surface area contributed by atoms with Gasteiger partial charge in [-0.15, -0.1) is 0 Å². The molecular weight excluding hydrogens is 461 g/mol. The van der Waals surface area contributed by atoms with Crippen LogP contribution in [0.1, 0.15) is 35.4 Å². The van der Waals surface area contributed by atoms with Crippen LogP contribution < -0.4 is 4.74 Å². The first-order valence-electron chi connectivity index (χ1n) is 9.42. The average Bonchev–Trinajstić information content (AvgIpc) is 3.19. The molecule has 2 aliphatic heterocycles. The maximum atomic E-state index is 11.3. The van der Waals surface area contributed by atoms with Crippen LogP contribution in [0, 0.1) is 10.1 Å². The second kappa shape index (κ2) is 7.71. The highest BCUT2D eigenvalue weighted by Gasteiger charge is 2.42. The van der Waals surface area contributed by atoms with Crippen molar-refractivity contribution in [3.63, 3.8) is 0 Å². The van der Waals surface area contributed by atoms with Crippen molar-refractivity contribution in [2.45, 2.75) is 18.7 Å². The molecule has 0 N–H and O–H groups in total. The summed E-state index contributed by atoms with van der Waals surface area (Å²) in [7, 11) is 0. The molecule has 3 aromatic rings. The van der Waals surface area contributed by atoms with E-state index in [0.717, 1.165) is 16.8 Å². The summed E-state index contributed by atoms with van der Waals surface area (Å²) in [5.74, 6) is 0.511. The lowest BCUT2D eigenvalue weighted by Crippen LogP contribution is -2.33. The van der Waals surface area contributed by atoms with Gasteiger partial charge in [0.1, 0.15) is 5.75 Å². The fourth-order valence-corrected chi connectivity index (χ4v) is 4.62. The van der Waals surface area contributed by atoms with E-state index in [1.165, 1.54) is 12.1 Å². The number of hydrazone groups is 1. The Labute approximate surface area is 192 Å². The van der Waals surface area contributed by atoms with Gasteiger partial charge in [0.2, 0.25) is 6.23 Å². The molecule has 5 rings (SSSR count).